The monoisotopic (exact) mass is 597 g/mol. The van der Waals surface area contributed by atoms with Crippen LogP contribution in [0.15, 0.2) is 18.2 Å². The number of benzene rings is 1. The molecule has 2 unspecified atom stereocenters. The molecule has 0 aliphatic heterocycles. The van der Waals surface area contributed by atoms with Crippen LogP contribution in [0.4, 0.5) is 14.4 Å². The van der Waals surface area contributed by atoms with Crippen molar-refractivity contribution in [3.63, 3.8) is 0 Å². The van der Waals surface area contributed by atoms with E-state index in [0.29, 0.717) is 12.0 Å². The molecule has 0 radical (unpaired) electrons. The molecule has 2 N–H and O–H groups in total. The van der Waals surface area contributed by atoms with Crippen molar-refractivity contribution in [2.24, 2.45) is 17.6 Å². The minimum Gasteiger partial charge on any atom is -0.468 e. The third kappa shape index (κ3) is 13.4. The second kappa shape index (κ2) is 18.8. The van der Waals surface area contributed by atoms with Gasteiger partial charge in [-0.25, -0.2) is 14.4 Å². The predicted molar refractivity (Wildman–Crippen MR) is 153 cm³/mol. The molecule has 1 aromatic rings. The molecule has 0 spiro atoms. The number of carbonyl (C=O) groups excluding carboxylic acids is 4. The van der Waals surface area contributed by atoms with E-state index in [-0.39, 0.29) is 62.1 Å². The number of rotatable bonds is 17. The normalized spacial score (nSPS) is 14.4. The van der Waals surface area contributed by atoms with E-state index in [1.807, 2.05) is 34.6 Å². The van der Waals surface area contributed by atoms with Gasteiger partial charge in [-0.15, -0.1) is 0 Å². The van der Waals surface area contributed by atoms with Crippen LogP contribution in [0.3, 0.4) is 0 Å². The van der Waals surface area contributed by atoms with Crippen LogP contribution in [-0.4, -0.2) is 63.0 Å². The fourth-order valence-corrected chi connectivity index (χ4v) is 3.53. The van der Waals surface area contributed by atoms with Gasteiger partial charge in [0.1, 0.15) is 11.6 Å². The average Bonchev–Trinajstić information content (AvgIpc) is 2.95. The molecule has 12 heteroatoms. The predicted octanol–water partition coefficient (Wildman–Crippen LogP) is 5.95. The van der Waals surface area contributed by atoms with Gasteiger partial charge in [0.15, 0.2) is 11.5 Å². The summed E-state index contributed by atoms with van der Waals surface area (Å²) < 4.78 is 36.2. The van der Waals surface area contributed by atoms with Crippen LogP contribution in [0.1, 0.15) is 79.2 Å². The van der Waals surface area contributed by atoms with Crippen molar-refractivity contribution >= 4 is 24.4 Å². The fraction of sp³-hybridized carbons (Fsp3) is 0.667. The first-order chi connectivity index (χ1) is 19.9. The Morgan fingerprint density at radius 1 is 0.833 bits per heavy atom. The minimum absolute atomic E-state index is 0.0930. The van der Waals surface area contributed by atoms with E-state index in [0.717, 1.165) is 19.3 Å². The Kier molecular flexibility index (Phi) is 16.3. The molecule has 0 saturated carbocycles. The number of nitrogens with two attached hydrogens (primary N) is 1. The molecule has 0 aliphatic carbocycles. The van der Waals surface area contributed by atoms with Crippen LogP contribution in [0.5, 0.6) is 11.5 Å². The lowest BCUT2D eigenvalue weighted by atomic mass is 9.88. The minimum atomic E-state index is -1.62. The van der Waals surface area contributed by atoms with Crippen LogP contribution in [0.25, 0.3) is 0 Å². The Bertz CT molecular complexity index is 1010. The lowest BCUT2D eigenvalue weighted by Crippen LogP contribution is -2.51. The van der Waals surface area contributed by atoms with Gasteiger partial charge in [-0.3, -0.25) is 4.79 Å². The van der Waals surface area contributed by atoms with Crippen molar-refractivity contribution in [3.05, 3.63) is 23.8 Å². The van der Waals surface area contributed by atoms with Gasteiger partial charge in [-0.1, -0.05) is 59.9 Å². The Morgan fingerprint density at radius 3 is 1.93 bits per heavy atom. The van der Waals surface area contributed by atoms with Gasteiger partial charge in [0, 0.05) is 12.8 Å². The molecule has 238 valence electrons. The average molecular weight is 598 g/mol. The Hall–Kier alpha value is -3.54. The molecule has 4 atom stereocenters. The summed E-state index contributed by atoms with van der Waals surface area (Å²) in [6, 6.07) is 4.33. The Morgan fingerprint density at radius 2 is 1.40 bits per heavy atom. The van der Waals surface area contributed by atoms with Crippen LogP contribution >= 0.6 is 0 Å². The number of hydrogen-bond donors (Lipinski definition) is 1. The molecule has 0 amide bonds. The first-order valence-electron chi connectivity index (χ1n) is 14.4. The van der Waals surface area contributed by atoms with Crippen molar-refractivity contribution in [2.75, 3.05) is 26.9 Å². The van der Waals surface area contributed by atoms with Crippen LogP contribution in [0, 0.1) is 11.8 Å². The van der Waals surface area contributed by atoms with Crippen LogP contribution in [-0.2, 0) is 34.9 Å². The Labute approximate surface area is 248 Å². The number of esters is 1. The van der Waals surface area contributed by atoms with Crippen molar-refractivity contribution in [1.82, 2.24) is 0 Å². The summed E-state index contributed by atoms with van der Waals surface area (Å²) in [5.41, 5.74) is 5.24. The molecule has 0 fully saturated rings. The molecule has 0 bridgehead atoms. The summed E-state index contributed by atoms with van der Waals surface area (Å²) in [5.74, 6) is -0.737. The third-order valence-corrected chi connectivity index (χ3v) is 6.63. The molecule has 1 rings (SSSR count). The Balaban J connectivity index is 3.12. The number of methoxy groups -OCH3 is 1. The highest BCUT2D eigenvalue weighted by atomic mass is 16.7. The summed E-state index contributed by atoms with van der Waals surface area (Å²) in [6.45, 7) is 11.6. The SMILES string of the molecule is CCC[C@H](C)OC(=O)OCC[C@@](N)(Cc1ccc(OC(=O)OCC(C)CC)c(OC(=O)OCC(C)CC)c1)C(=O)OC. The quantitative estimate of drug-likeness (QED) is 0.128. The maximum absolute atomic E-state index is 12.7. The van der Waals surface area contributed by atoms with Gasteiger partial charge in [0.2, 0.25) is 0 Å². The number of ether oxygens (including phenoxy) is 7. The van der Waals surface area contributed by atoms with Crippen molar-refractivity contribution < 1.29 is 52.3 Å². The summed E-state index contributed by atoms with van der Waals surface area (Å²) in [6.07, 6.45) is -0.205. The second-order valence-electron chi connectivity index (χ2n) is 10.5. The third-order valence-electron chi connectivity index (χ3n) is 6.63. The van der Waals surface area contributed by atoms with E-state index < -0.39 is 30.0 Å². The fourth-order valence-electron chi connectivity index (χ4n) is 3.53. The first-order valence-corrected chi connectivity index (χ1v) is 14.4. The number of hydrogen-bond acceptors (Lipinski definition) is 12. The zero-order chi connectivity index (χ0) is 31.7. The topological polar surface area (TPSA) is 159 Å². The lowest BCUT2D eigenvalue weighted by molar-refractivity contribution is -0.147. The molecule has 0 saturated heterocycles. The summed E-state index contributed by atoms with van der Waals surface area (Å²) in [4.78, 5) is 49.4. The molecule has 0 aromatic heterocycles. The van der Waals surface area contributed by atoms with Crippen molar-refractivity contribution in [1.29, 1.82) is 0 Å². The standard InChI is InChI=1S/C30H47NO11/c1-8-11-22(6)40-27(33)37-15-14-30(31,26(32)36-7)17-23-12-13-24(41-28(34)38-18-20(4)9-2)25(16-23)42-29(35)39-19-21(5)10-3/h12-13,16,20-22H,8-11,14-15,17-19,31H2,1-7H3/t20?,21?,22-,30+/m0/s1. The largest absolute Gasteiger partial charge is 0.513 e. The van der Waals surface area contributed by atoms with Crippen molar-refractivity contribution in [3.8, 4) is 11.5 Å². The molecule has 0 aliphatic rings. The molecule has 1 aromatic carbocycles. The van der Waals surface area contributed by atoms with Crippen molar-refractivity contribution in [2.45, 2.75) is 91.7 Å². The van der Waals surface area contributed by atoms with Gasteiger partial charge < -0.3 is 38.9 Å². The maximum Gasteiger partial charge on any atom is 0.513 e. The highest BCUT2D eigenvalue weighted by Crippen LogP contribution is 2.31. The van der Waals surface area contributed by atoms with Crippen LogP contribution < -0.4 is 15.2 Å². The molecular formula is C30H47NO11. The van der Waals surface area contributed by atoms with E-state index in [4.69, 9.17) is 38.9 Å². The van der Waals surface area contributed by atoms with Gasteiger partial charge in [-0.05, 0) is 42.9 Å². The zero-order valence-corrected chi connectivity index (χ0v) is 25.9. The van der Waals surface area contributed by atoms with Gasteiger partial charge >= 0.3 is 24.4 Å². The summed E-state index contributed by atoms with van der Waals surface area (Å²) >= 11 is 0. The maximum atomic E-state index is 12.7. The molecule has 12 nitrogen and oxygen atoms in total. The van der Waals surface area contributed by atoms with E-state index in [9.17, 15) is 19.2 Å². The van der Waals surface area contributed by atoms with Gasteiger partial charge in [0.05, 0.1) is 26.9 Å². The zero-order valence-electron chi connectivity index (χ0n) is 25.9. The summed E-state index contributed by atoms with van der Waals surface area (Å²) in [7, 11) is 1.19. The lowest BCUT2D eigenvalue weighted by Gasteiger charge is -2.26. The van der Waals surface area contributed by atoms with Crippen LogP contribution in [0.2, 0.25) is 0 Å². The molecular weight excluding hydrogens is 550 g/mol. The smallest absolute Gasteiger partial charge is 0.468 e. The van der Waals surface area contributed by atoms with Gasteiger partial charge in [0.25, 0.3) is 0 Å². The van der Waals surface area contributed by atoms with E-state index in [1.54, 1.807) is 13.0 Å². The second-order valence-corrected chi connectivity index (χ2v) is 10.5. The molecule has 42 heavy (non-hydrogen) atoms. The van der Waals surface area contributed by atoms with Gasteiger partial charge in [-0.2, -0.15) is 0 Å². The van der Waals surface area contributed by atoms with E-state index >= 15 is 0 Å². The number of carbonyl (C=O) groups is 4. The highest BCUT2D eigenvalue weighted by molar-refractivity contribution is 5.81. The van der Waals surface area contributed by atoms with E-state index in [1.165, 1.54) is 19.2 Å². The highest BCUT2D eigenvalue weighted by Gasteiger charge is 2.36. The molecule has 0 heterocycles. The first kappa shape index (κ1) is 36.5. The van der Waals surface area contributed by atoms with E-state index in [2.05, 4.69) is 0 Å². The summed E-state index contributed by atoms with van der Waals surface area (Å²) in [5, 5.41) is 0.